The number of ketones is 1. The number of piperidine rings is 1. The minimum absolute atomic E-state index is 0.157. The van der Waals surface area contributed by atoms with Crippen molar-refractivity contribution in [2.45, 2.75) is 24.2 Å². The zero-order valence-electron chi connectivity index (χ0n) is 16.2. The van der Waals surface area contributed by atoms with Crippen molar-refractivity contribution < 1.29 is 27.5 Å². The van der Waals surface area contributed by atoms with Gasteiger partial charge in [0.05, 0.1) is 17.6 Å². The summed E-state index contributed by atoms with van der Waals surface area (Å²) >= 11 is 0. The van der Waals surface area contributed by atoms with Gasteiger partial charge in [0.1, 0.15) is 5.75 Å². The summed E-state index contributed by atoms with van der Waals surface area (Å²) in [4.78, 5) is 24.6. The van der Waals surface area contributed by atoms with Crippen molar-refractivity contribution in [2.24, 2.45) is 0 Å². The fourth-order valence-corrected chi connectivity index (χ4v) is 4.63. The molecule has 7 nitrogen and oxygen atoms in total. The van der Waals surface area contributed by atoms with Gasteiger partial charge in [0.15, 0.2) is 12.4 Å². The molecule has 3 rings (SSSR count). The topological polar surface area (TPSA) is 90.0 Å². The van der Waals surface area contributed by atoms with Crippen LogP contribution in [0.15, 0.2) is 53.4 Å². The first-order valence-electron chi connectivity index (χ1n) is 9.36. The molecule has 1 aliphatic rings. The Labute approximate surface area is 170 Å². The van der Waals surface area contributed by atoms with Crippen LogP contribution in [0.3, 0.4) is 0 Å². The number of benzene rings is 2. The summed E-state index contributed by atoms with van der Waals surface area (Å²) in [6, 6.07) is 12.2. The van der Waals surface area contributed by atoms with Gasteiger partial charge in [-0.1, -0.05) is 12.5 Å². The number of methoxy groups -OCH3 is 1. The van der Waals surface area contributed by atoms with Crippen LogP contribution in [0.5, 0.6) is 5.75 Å². The van der Waals surface area contributed by atoms with E-state index in [1.165, 1.54) is 41.7 Å². The van der Waals surface area contributed by atoms with Crippen LogP contribution >= 0.6 is 0 Å². The molecule has 1 saturated heterocycles. The summed E-state index contributed by atoms with van der Waals surface area (Å²) in [5.41, 5.74) is 0.557. The molecule has 0 bridgehead atoms. The average molecular weight is 417 g/mol. The third-order valence-electron chi connectivity index (χ3n) is 4.77. The molecule has 0 aliphatic carbocycles. The van der Waals surface area contributed by atoms with E-state index in [1.807, 2.05) is 0 Å². The number of hydrogen-bond donors (Lipinski definition) is 0. The van der Waals surface area contributed by atoms with E-state index in [0.29, 0.717) is 18.8 Å². The zero-order chi connectivity index (χ0) is 20.9. The highest BCUT2D eigenvalue weighted by molar-refractivity contribution is 7.89. The first-order valence-corrected chi connectivity index (χ1v) is 10.8. The molecule has 8 heteroatoms. The van der Waals surface area contributed by atoms with Crippen molar-refractivity contribution >= 4 is 21.8 Å². The molecule has 0 spiro atoms. The van der Waals surface area contributed by atoms with Crippen LogP contribution in [0.25, 0.3) is 0 Å². The normalized spacial score (nSPS) is 14.9. The standard InChI is InChI=1S/C21H23NO6S/c1-27-18-7-5-6-17(14-18)21(24)28-15-20(23)16-8-10-19(11-9-16)29(25,26)22-12-3-2-4-13-22/h5-11,14H,2-4,12-13,15H2,1H3. The Hall–Kier alpha value is -2.71. The molecular weight excluding hydrogens is 394 g/mol. The fourth-order valence-electron chi connectivity index (χ4n) is 3.11. The second-order valence-corrected chi connectivity index (χ2v) is 8.66. The van der Waals surface area contributed by atoms with Crippen LogP contribution in [0.1, 0.15) is 40.0 Å². The van der Waals surface area contributed by atoms with E-state index in [1.54, 1.807) is 18.2 Å². The predicted molar refractivity (Wildman–Crippen MR) is 107 cm³/mol. The van der Waals surface area contributed by atoms with Crippen molar-refractivity contribution in [2.75, 3.05) is 26.8 Å². The molecule has 29 heavy (non-hydrogen) atoms. The minimum Gasteiger partial charge on any atom is -0.497 e. The first-order chi connectivity index (χ1) is 13.9. The van der Waals surface area contributed by atoms with Gasteiger partial charge in [-0.2, -0.15) is 4.31 Å². The van der Waals surface area contributed by atoms with Crippen LogP contribution < -0.4 is 4.74 Å². The number of sulfonamides is 1. The Bertz CT molecular complexity index is 978. The average Bonchev–Trinajstić information content (AvgIpc) is 2.78. The smallest absolute Gasteiger partial charge is 0.338 e. The van der Waals surface area contributed by atoms with Crippen molar-refractivity contribution in [3.63, 3.8) is 0 Å². The Morgan fingerprint density at radius 2 is 1.66 bits per heavy atom. The summed E-state index contributed by atoms with van der Waals surface area (Å²) in [6.45, 7) is 0.598. The zero-order valence-corrected chi connectivity index (χ0v) is 17.0. The van der Waals surface area contributed by atoms with E-state index < -0.39 is 28.4 Å². The summed E-state index contributed by atoms with van der Waals surface area (Å²) in [6.07, 6.45) is 2.75. The van der Waals surface area contributed by atoms with Gasteiger partial charge in [-0.05, 0) is 55.3 Å². The van der Waals surface area contributed by atoms with Crippen molar-refractivity contribution in [3.8, 4) is 5.75 Å². The molecule has 2 aromatic rings. The maximum absolute atomic E-state index is 12.7. The molecule has 0 unspecified atom stereocenters. The van der Waals surface area contributed by atoms with Crippen LogP contribution in [-0.4, -0.2) is 51.3 Å². The van der Waals surface area contributed by atoms with Gasteiger partial charge in [-0.15, -0.1) is 0 Å². The SMILES string of the molecule is COc1cccc(C(=O)OCC(=O)c2ccc(S(=O)(=O)N3CCCCC3)cc2)c1. The van der Waals surface area contributed by atoms with E-state index in [4.69, 9.17) is 9.47 Å². The maximum Gasteiger partial charge on any atom is 0.338 e. The third-order valence-corrected chi connectivity index (χ3v) is 6.68. The molecule has 154 valence electrons. The van der Waals surface area contributed by atoms with Gasteiger partial charge in [-0.25, -0.2) is 13.2 Å². The largest absolute Gasteiger partial charge is 0.497 e. The lowest BCUT2D eigenvalue weighted by Gasteiger charge is -2.25. The number of ether oxygens (including phenoxy) is 2. The van der Waals surface area contributed by atoms with Gasteiger partial charge < -0.3 is 9.47 Å². The Morgan fingerprint density at radius 3 is 2.31 bits per heavy atom. The lowest BCUT2D eigenvalue weighted by atomic mass is 10.1. The predicted octanol–water partition coefficient (Wildman–Crippen LogP) is 2.91. The van der Waals surface area contributed by atoms with Crippen LogP contribution in [-0.2, 0) is 14.8 Å². The molecule has 2 aromatic carbocycles. The lowest BCUT2D eigenvalue weighted by Crippen LogP contribution is -2.35. The number of esters is 1. The highest BCUT2D eigenvalue weighted by Crippen LogP contribution is 2.21. The summed E-state index contributed by atoms with van der Waals surface area (Å²) in [5, 5.41) is 0. The highest BCUT2D eigenvalue weighted by atomic mass is 32.2. The minimum atomic E-state index is -3.55. The molecule has 1 heterocycles. The Morgan fingerprint density at radius 1 is 0.966 bits per heavy atom. The molecule has 0 amide bonds. The maximum atomic E-state index is 12.7. The van der Waals surface area contributed by atoms with Crippen molar-refractivity contribution in [1.29, 1.82) is 0 Å². The van der Waals surface area contributed by atoms with E-state index in [9.17, 15) is 18.0 Å². The molecule has 0 atom stereocenters. The summed E-state index contributed by atoms with van der Waals surface area (Å²) in [5.74, 6) is -0.541. The molecule has 0 aromatic heterocycles. The van der Waals surface area contributed by atoms with E-state index in [0.717, 1.165) is 19.3 Å². The molecule has 0 N–H and O–H groups in total. The Balaban J connectivity index is 1.62. The second kappa shape index (κ2) is 9.19. The second-order valence-electron chi connectivity index (χ2n) is 6.72. The number of nitrogens with zero attached hydrogens (tertiary/aromatic N) is 1. The van der Waals surface area contributed by atoms with Crippen LogP contribution in [0.2, 0.25) is 0 Å². The number of hydrogen-bond acceptors (Lipinski definition) is 6. The first kappa shape index (κ1) is 21.0. The van der Waals surface area contributed by atoms with E-state index in [2.05, 4.69) is 0 Å². The third kappa shape index (κ3) is 5.02. The molecule has 1 fully saturated rings. The molecule has 0 saturated carbocycles. The van der Waals surface area contributed by atoms with Crippen LogP contribution in [0, 0.1) is 0 Å². The fraction of sp³-hybridized carbons (Fsp3) is 0.333. The highest BCUT2D eigenvalue weighted by Gasteiger charge is 2.26. The van der Waals surface area contributed by atoms with Gasteiger partial charge in [-0.3, -0.25) is 4.79 Å². The van der Waals surface area contributed by atoms with E-state index in [-0.39, 0.29) is 16.0 Å². The molecule has 0 radical (unpaired) electrons. The van der Waals surface area contributed by atoms with Crippen molar-refractivity contribution in [1.82, 2.24) is 4.31 Å². The number of rotatable bonds is 7. The van der Waals surface area contributed by atoms with Gasteiger partial charge in [0.2, 0.25) is 10.0 Å². The summed E-state index contributed by atoms with van der Waals surface area (Å²) < 4.78 is 36.9. The monoisotopic (exact) mass is 417 g/mol. The van der Waals surface area contributed by atoms with Gasteiger partial charge >= 0.3 is 5.97 Å². The van der Waals surface area contributed by atoms with Gasteiger partial charge in [0.25, 0.3) is 0 Å². The van der Waals surface area contributed by atoms with E-state index >= 15 is 0 Å². The number of carbonyl (C=O) groups is 2. The molecular formula is C21H23NO6S. The van der Waals surface area contributed by atoms with Gasteiger partial charge in [0, 0.05) is 18.7 Å². The quantitative estimate of drug-likeness (QED) is 0.508. The Kier molecular flexibility index (Phi) is 6.66. The number of carbonyl (C=O) groups excluding carboxylic acids is 2. The van der Waals surface area contributed by atoms with Crippen LogP contribution in [0.4, 0.5) is 0 Å². The molecule has 1 aliphatic heterocycles. The number of Topliss-reactive ketones (excluding diaryl/α,β-unsaturated/α-hetero) is 1. The summed E-state index contributed by atoms with van der Waals surface area (Å²) in [7, 11) is -2.06. The van der Waals surface area contributed by atoms with Crippen molar-refractivity contribution in [3.05, 3.63) is 59.7 Å². The lowest BCUT2D eigenvalue weighted by molar-refractivity contribution is 0.0474.